The summed E-state index contributed by atoms with van der Waals surface area (Å²) in [5.41, 5.74) is 8.34. The van der Waals surface area contributed by atoms with Crippen LogP contribution in [0, 0.1) is 0 Å². The van der Waals surface area contributed by atoms with Crippen LogP contribution < -0.4 is 11.1 Å². The molecule has 1 atom stereocenters. The van der Waals surface area contributed by atoms with Crippen LogP contribution in [-0.2, 0) is 4.79 Å². The number of hydrogen-bond acceptors (Lipinski definition) is 6. The van der Waals surface area contributed by atoms with Gasteiger partial charge in [0, 0.05) is 30.8 Å². The summed E-state index contributed by atoms with van der Waals surface area (Å²) in [7, 11) is 5.33. The largest absolute Gasteiger partial charge is 0.365 e. The number of benzene rings is 2. The number of hydrogen-bond donors (Lipinski definition) is 2. The van der Waals surface area contributed by atoms with E-state index in [-0.39, 0.29) is 13.5 Å². The van der Waals surface area contributed by atoms with Gasteiger partial charge in [-0.3, -0.25) is 4.79 Å². The Balaban J connectivity index is 0.00000146. The van der Waals surface area contributed by atoms with Gasteiger partial charge in [-0.25, -0.2) is 0 Å². The summed E-state index contributed by atoms with van der Waals surface area (Å²) in [6.45, 7) is 4.02. The maximum absolute atomic E-state index is 11.2. The second-order valence-electron chi connectivity index (χ2n) is 6.56. The fraction of sp³-hybridized carbons (Fsp3) is 0.250. The molecule has 3 aromatic rings. The van der Waals surface area contributed by atoms with Crippen molar-refractivity contribution >= 4 is 34.0 Å². The first kappa shape index (κ1) is 25.1. The fourth-order valence-corrected chi connectivity index (χ4v) is 4.21. The third kappa shape index (κ3) is 5.55. The van der Waals surface area contributed by atoms with Gasteiger partial charge in [0.25, 0.3) is 0 Å². The van der Waals surface area contributed by atoms with E-state index in [1.54, 1.807) is 17.4 Å². The van der Waals surface area contributed by atoms with E-state index in [9.17, 15) is 9.59 Å². The van der Waals surface area contributed by atoms with E-state index in [1.807, 2.05) is 43.3 Å². The van der Waals surface area contributed by atoms with Gasteiger partial charge >= 0.3 is 0 Å². The highest BCUT2D eigenvalue weighted by atomic mass is 32.1. The Kier molecular flexibility index (Phi) is 9.95. The number of nitrogens with two attached hydrogens (primary N) is 1. The zero-order chi connectivity index (χ0) is 21.4. The van der Waals surface area contributed by atoms with Crippen LogP contribution in [0.25, 0.3) is 21.2 Å². The predicted octanol–water partition coefficient (Wildman–Crippen LogP) is 4.84. The van der Waals surface area contributed by atoms with Gasteiger partial charge in [0.2, 0.25) is 0 Å². The standard InChI is InChI=1S/C22H22N2O2S.CH5N.CH4/c1-15(24(2)3)23-21(10-11-25)20-14-27-22-18(8-5-9-19(20)22)17-7-4-6-16(12-17)13-26;1-2;/h4-9,11-14,21,23H,1,10H2,2-3H3;2H2,1H3;1H4. The van der Waals surface area contributed by atoms with E-state index in [1.165, 1.54) is 7.05 Å². The first-order valence-corrected chi connectivity index (χ1v) is 10.1. The van der Waals surface area contributed by atoms with Gasteiger partial charge in [0.05, 0.1) is 11.9 Å². The molecule has 1 unspecified atom stereocenters. The van der Waals surface area contributed by atoms with Gasteiger partial charge in [-0.05, 0) is 40.6 Å². The lowest BCUT2D eigenvalue weighted by atomic mass is 9.98. The normalized spacial score (nSPS) is 10.8. The highest BCUT2D eigenvalue weighted by Gasteiger charge is 2.18. The molecule has 3 rings (SSSR count). The molecule has 0 bridgehead atoms. The summed E-state index contributed by atoms with van der Waals surface area (Å²) in [5.74, 6) is 0.760. The van der Waals surface area contributed by atoms with Crippen molar-refractivity contribution in [3.63, 3.8) is 0 Å². The van der Waals surface area contributed by atoms with Crippen LogP contribution in [0.15, 0.2) is 60.2 Å². The van der Waals surface area contributed by atoms with Gasteiger partial charge in [-0.1, -0.05) is 50.4 Å². The zero-order valence-electron chi connectivity index (χ0n) is 17.0. The highest BCUT2D eigenvalue weighted by Crippen LogP contribution is 2.38. The summed E-state index contributed by atoms with van der Waals surface area (Å²) in [6, 6.07) is 13.6. The molecule has 5 nitrogen and oxygen atoms in total. The Labute approximate surface area is 183 Å². The van der Waals surface area contributed by atoms with Crippen molar-refractivity contribution in [2.75, 3.05) is 21.1 Å². The molecular weight excluding hydrogens is 394 g/mol. The molecule has 30 heavy (non-hydrogen) atoms. The maximum atomic E-state index is 11.2. The van der Waals surface area contributed by atoms with Gasteiger partial charge in [-0.15, -0.1) is 11.3 Å². The lowest BCUT2D eigenvalue weighted by Crippen LogP contribution is -2.28. The molecule has 0 saturated heterocycles. The van der Waals surface area contributed by atoms with Crippen molar-refractivity contribution in [2.45, 2.75) is 19.9 Å². The number of rotatable bonds is 8. The molecule has 1 aromatic heterocycles. The van der Waals surface area contributed by atoms with E-state index in [0.717, 1.165) is 45.2 Å². The van der Waals surface area contributed by atoms with Gasteiger partial charge in [0.1, 0.15) is 12.6 Å². The second-order valence-corrected chi connectivity index (χ2v) is 7.44. The summed E-state index contributed by atoms with van der Waals surface area (Å²) < 4.78 is 1.14. The molecule has 3 N–H and O–H groups in total. The Bertz CT molecular complexity index is 995. The van der Waals surface area contributed by atoms with E-state index in [4.69, 9.17) is 0 Å². The molecule has 0 aliphatic heterocycles. The van der Waals surface area contributed by atoms with Crippen molar-refractivity contribution in [3.05, 3.63) is 71.4 Å². The molecule has 0 radical (unpaired) electrons. The van der Waals surface area contributed by atoms with E-state index in [0.29, 0.717) is 12.0 Å². The molecule has 0 fully saturated rings. The lowest BCUT2D eigenvalue weighted by Gasteiger charge is -2.24. The van der Waals surface area contributed by atoms with Crippen LogP contribution in [0.4, 0.5) is 0 Å². The van der Waals surface area contributed by atoms with Crippen LogP contribution >= 0.6 is 11.3 Å². The summed E-state index contributed by atoms with van der Waals surface area (Å²) in [6.07, 6.45) is 2.16. The topological polar surface area (TPSA) is 75.4 Å². The van der Waals surface area contributed by atoms with E-state index < -0.39 is 0 Å². The van der Waals surface area contributed by atoms with Crippen LogP contribution in [0.5, 0.6) is 0 Å². The van der Waals surface area contributed by atoms with Crippen LogP contribution in [0.2, 0.25) is 0 Å². The molecule has 0 spiro atoms. The number of carbonyl (C=O) groups excluding carboxylic acids is 2. The van der Waals surface area contributed by atoms with Crippen LogP contribution in [-0.4, -0.2) is 38.6 Å². The van der Waals surface area contributed by atoms with E-state index in [2.05, 4.69) is 35.1 Å². The molecule has 6 heteroatoms. The molecule has 0 saturated carbocycles. The number of fused-ring (bicyclic) bond motifs is 1. The van der Waals surface area contributed by atoms with Crippen molar-refractivity contribution in [1.82, 2.24) is 10.2 Å². The quantitative estimate of drug-likeness (QED) is 0.505. The van der Waals surface area contributed by atoms with Crippen molar-refractivity contribution < 1.29 is 9.59 Å². The zero-order valence-corrected chi connectivity index (χ0v) is 17.8. The fourth-order valence-electron chi connectivity index (χ4n) is 3.04. The van der Waals surface area contributed by atoms with Gasteiger partial charge in [0.15, 0.2) is 0 Å². The third-order valence-electron chi connectivity index (χ3n) is 4.55. The minimum absolute atomic E-state index is 0. The van der Waals surface area contributed by atoms with Gasteiger partial charge in [-0.2, -0.15) is 0 Å². The molecular formula is C24H31N3O2S. The molecule has 160 valence electrons. The van der Waals surface area contributed by atoms with Gasteiger partial charge < -0.3 is 20.7 Å². The molecule has 1 heterocycles. The highest BCUT2D eigenvalue weighted by molar-refractivity contribution is 7.18. The SMILES string of the molecule is C.C=C(NC(CC=O)c1csc2c(-c3cccc(C=O)c3)cccc12)N(C)C.CN. The number of carbonyl (C=O) groups is 2. The predicted molar refractivity (Wildman–Crippen MR) is 129 cm³/mol. The Hall–Kier alpha value is -2.96. The Morgan fingerprint density at radius 1 is 1.20 bits per heavy atom. The average molecular weight is 426 g/mol. The summed E-state index contributed by atoms with van der Waals surface area (Å²) in [4.78, 5) is 24.3. The molecule has 0 amide bonds. The number of aldehydes is 2. The maximum Gasteiger partial charge on any atom is 0.150 e. The van der Waals surface area contributed by atoms with Crippen LogP contribution in [0.3, 0.4) is 0 Å². The smallest absolute Gasteiger partial charge is 0.150 e. The van der Waals surface area contributed by atoms with Crippen molar-refractivity contribution in [2.24, 2.45) is 5.73 Å². The number of thiophene rings is 1. The van der Waals surface area contributed by atoms with Crippen LogP contribution in [0.1, 0.15) is 35.8 Å². The summed E-state index contributed by atoms with van der Waals surface area (Å²) in [5, 5.41) is 6.56. The number of nitrogens with zero attached hydrogens (tertiary/aromatic N) is 1. The Morgan fingerprint density at radius 3 is 2.53 bits per heavy atom. The van der Waals surface area contributed by atoms with E-state index >= 15 is 0 Å². The minimum atomic E-state index is -0.136. The Morgan fingerprint density at radius 2 is 1.90 bits per heavy atom. The first-order valence-electron chi connectivity index (χ1n) is 9.25. The van der Waals surface area contributed by atoms with Crippen molar-refractivity contribution in [3.8, 4) is 11.1 Å². The summed E-state index contributed by atoms with van der Waals surface area (Å²) >= 11 is 1.65. The second kappa shape index (κ2) is 11.9. The lowest BCUT2D eigenvalue weighted by molar-refractivity contribution is -0.108. The first-order chi connectivity index (χ1) is 14.0. The average Bonchev–Trinajstić information content (AvgIpc) is 3.19. The third-order valence-corrected chi connectivity index (χ3v) is 5.60. The minimum Gasteiger partial charge on any atom is -0.365 e. The van der Waals surface area contributed by atoms with Crippen molar-refractivity contribution in [1.29, 1.82) is 0 Å². The molecule has 0 aliphatic carbocycles. The molecule has 2 aromatic carbocycles. The molecule has 0 aliphatic rings. The monoisotopic (exact) mass is 425 g/mol. The number of nitrogens with one attached hydrogen (secondary N) is 1.